The lowest BCUT2D eigenvalue weighted by Crippen LogP contribution is -2.98. The second-order valence-electron chi connectivity index (χ2n) is 14.3. The molecule has 0 heterocycles. The minimum Gasteiger partial charge on any atom is -0.0717 e. The summed E-state index contributed by atoms with van der Waals surface area (Å²) in [5.41, 5.74) is 0. The van der Waals surface area contributed by atoms with Crippen LogP contribution in [-0.2, 0) is 0 Å². The molecule has 0 radical (unpaired) electrons. The molecule has 0 aliphatic carbocycles. The summed E-state index contributed by atoms with van der Waals surface area (Å²) in [5, 5.41) is 5.14. The van der Waals surface area contributed by atoms with Crippen molar-refractivity contribution in [2.75, 3.05) is 0 Å². The average molecular weight is 677 g/mol. The molecule has 0 atom stereocenters. The van der Waals surface area contributed by atoms with E-state index >= 15 is 0 Å². The van der Waals surface area contributed by atoms with E-state index in [0.29, 0.717) is 0 Å². The van der Waals surface area contributed by atoms with Gasteiger partial charge in [-0.3, -0.25) is 0 Å². The fourth-order valence-electron chi connectivity index (χ4n) is 12.0. The van der Waals surface area contributed by atoms with Crippen LogP contribution in [0.1, 0.15) is 55.4 Å². The highest BCUT2D eigenvalue weighted by Crippen LogP contribution is 2.53. The summed E-state index contributed by atoms with van der Waals surface area (Å²) in [6, 6.07) is 48.7. The molecule has 0 N–H and O–H groups in total. The molecule has 3 aromatic rings. The summed E-state index contributed by atoms with van der Waals surface area (Å²) >= 11 is 0. The maximum Gasteiger partial charge on any atom is 0.137 e. The lowest BCUT2D eigenvalue weighted by atomic mass is 10.3. The van der Waals surface area contributed by atoms with Gasteiger partial charge in [0.05, 0.1) is 7.11 Å². The summed E-state index contributed by atoms with van der Waals surface area (Å²) < 4.78 is 0. The van der Waals surface area contributed by atoms with Gasteiger partial charge in [-0.2, -0.15) is 0 Å². The van der Waals surface area contributed by atoms with Crippen LogP contribution in [0.3, 0.4) is 0 Å². The van der Waals surface area contributed by atoms with Gasteiger partial charge in [-0.15, -0.1) is 0 Å². The van der Waals surface area contributed by atoms with E-state index in [4.69, 9.17) is 0 Å². The van der Waals surface area contributed by atoms with Crippen molar-refractivity contribution in [3.63, 3.8) is 0 Å². The lowest BCUT2D eigenvalue weighted by Gasteiger charge is -2.70. The zero-order valence-electron chi connectivity index (χ0n) is 29.8. The van der Waals surface area contributed by atoms with Crippen LogP contribution in [0.25, 0.3) is 0 Å². The molecule has 0 saturated carbocycles. The van der Waals surface area contributed by atoms with Gasteiger partial charge < -0.3 is 0 Å². The Morgan fingerprint density at radius 1 is 0.326 bits per heavy atom. The number of hydrogen-bond acceptors (Lipinski definition) is 0. The Kier molecular flexibility index (Phi) is 12.4. The third-order valence-corrected chi connectivity index (χ3v) is 128. The summed E-state index contributed by atoms with van der Waals surface area (Å²) in [6.45, 7) is 30.2. The molecule has 236 valence electrons. The maximum absolute atomic E-state index is 2.83. The van der Waals surface area contributed by atoms with Crippen molar-refractivity contribution in [1.82, 2.24) is 0 Å². The molecular weight excluding hydrogens is 613 g/mol. The van der Waals surface area contributed by atoms with Crippen molar-refractivity contribution < 1.29 is 0 Å². The zero-order chi connectivity index (χ0) is 32.0. The topological polar surface area (TPSA) is 0 Å². The van der Waals surface area contributed by atoms with Crippen molar-refractivity contribution >= 4 is 59.2 Å². The number of benzene rings is 3. The molecule has 43 heavy (non-hydrogen) atoms. The average Bonchev–Trinajstić information content (AvgIpc) is 3.05. The molecule has 6 heteroatoms. The van der Waals surface area contributed by atoms with E-state index < -0.39 is 43.6 Å². The van der Waals surface area contributed by atoms with Crippen LogP contribution >= 0.6 is 0 Å². The molecule has 0 bridgehead atoms. The second-order valence-corrected chi connectivity index (χ2v) is 72.0. The predicted octanol–water partition coefficient (Wildman–Crippen LogP) is 9.84. The molecule has 0 aliphatic heterocycles. The van der Waals surface area contributed by atoms with Crippen LogP contribution in [-0.4, -0.2) is 43.6 Å². The van der Waals surface area contributed by atoms with Crippen LogP contribution < -0.4 is 15.6 Å². The van der Waals surface area contributed by atoms with Crippen LogP contribution in [0.4, 0.5) is 0 Å². The first-order valence-electron chi connectivity index (χ1n) is 17.7. The van der Waals surface area contributed by atoms with Gasteiger partial charge in [0.15, 0.2) is 0 Å². The smallest absolute Gasteiger partial charge is 0.0717 e. The highest BCUT2D eigenvalue weighted by Gasteiger charge is 2.75. The zero-order valence-corrected chi connectivity index (χ0v) is 35.8. The van der Waals surface area contributed by atoms with E-state index in [-0.39, 0.29) is 0 Å². The first kappa shape index (κ1) is 36.4. The molecule has 0 fully saturated rings. The van der Waals surface area contributed by atoms with Crippen molar-refractivity contribution in [2.45, 2.75) is 123 Å². The molecule has 0 saturated heterocycles. The van der Waals surface area contributed by atoms with E-state index in [1.807, 2.05) is 0 Å². The summed E-state index contributed by atoms with van der Waals surface area (Å²) in [7, 11) is -10.9. The third kappa shape index (κ3) is 5.14. The SMILES string of the molecule is CC[Si](CC)([Si](C)(C)C)[Si](CC)(CC)[Si](CC)(CC)[Si](CC)(CC)[Si](c1ccccc1)(c1ccccc1)c1ccccc1. The van der Waals surface area contributed by atoms with Crippen molar-refractivity contribution in [3.8, 4) is 0 Å². The van der Waals surface area contributed by atoms with E-state index in [0.717, 1.165) is 0 Å². The Morgan fingerprint density at radius 3 is 0.767 bits per heavy atom. The molecule has 0 unspecified atom stereocenters. The van der Waals surface area contributed by atoms with E-state index in [1.54, 1.807) is 27.6 Å². The standard InChI is InChI=1S/C37H64Si6/c1-12-39(13-2,38(9,10)11)40(14-3,15-4)41(16-5,17-6)42(18-7,19-8)43(35-29-23-20-24-30-35,36-31-25-21-26-32-36)37-33-27-22-28-34-37/h20-34H,12-19H2,1-11H3. The fourth-order valence-corrected chi connectivity index (χ4v) is 193. The summed E-state index contributed by atoms with van der Waals surface area (Å²) in [4.78, 5) is 0. The molecule has 3 rings (SSSR count). The highest BCUT2D eigenvalue weighted by atomic mass is 30.0. The summed E-state index contributed by atoms with van der Waals surface area (Å²) in [5.74, 6) is 0. The largest absolute Gasteiger partial charge is 0.137 e. The van der Waals surface area contributed by atoms with Crippen LogP contribution in [0.15, 0.2) is 91.0 Å². The van der Waals surface area contributed by atoms with Crippen molar-refractivity contribution in [3.05, 3.63) is 91.0 Å². The Balaban J connectivity index is 2.78. The van der Waals surface area contributed by atoms with E-state index in [1.165, 1.54) is 36.3 Å². The predicted molar refractivity (Wildman–Crippen MR) is 214 cm³/mol. The van der Waals surface area contributed by atoms with Gasteiger partial charge in [0.1, 0.15) is 7.59 Å². The number of hydrogen-bond donors (Lipinski definition) is 0. The first-order chi connectivity index (χ1) is 20.6. The van der Waals surface area contributed by atoms with Gasteiger partial charge in [-0.25, -0.2) is 0 Å². The minimum absolute atomic E-state index is 1.38. The Hall–Kier alpha value is -1.04. The number of rotatable bonds is 16. The normalized spacial score (nSPS) is 13.7. The molecule has 0 aromatic heterocycles. The van der Waals surface area contributed by atoms with Gasteiger partial charge in [0.2, 0.25) is 0 Å². The molecule has 0 amide bonds. The molecule has 0 spiro atoms. The first-order valence-corrected chi connectivity index (χ1v) is 37.9. The quantitative estimate of drug-likeness (QED) is 0.105. The Morgan fingerprint density at radius 2 is 0.558 bits per heavy atom. The Labute approximate surface area is 272 Å². The minimum atomic E-state index is -2.41. The van der Waals surface area contributed by atoms with Crippen molar-refractivity contribution in [2.24, 2.45) is 0 Å². The van der Waals surface area contributed by atoms with Gasteiger partial charge in [-0.1, -0.05) is 230 Å². The Bertz CT molecular complexity index is 1140. The second kappa shape index (κ2) is 14.6. The van der Waals surface area contributed by atoms with Gasteiger partial charge >= 0.3 is 0 Å². The molecule has 3 aromatic carbocycles. The van der Waals surface area contributed by atoms with Gasteiger partial charge in [0, 0.05) is 28.9 Å². The molecule has 0 aliphatic rings. The monoisotopic (exact) mass is 676 g/mol. The lowest BCUT2D eigenvalue weighted by molar-refractivity contribution is 1.21. The van der Waals surface area contributed by atoms with Crippen molar-refractivity contribution in [1.29, 1.82) is 0 Å². The molecular formula is C37H64Si6. The summed E-state index contributed by atoms with van der Waals surface area (Å²) in [6.07, 6.45) is 0. The van der Waals surface area contributed by atoms with E-state index in [9.17, 15) is 0 Å². The third-order valence-electron chi connectivity index (χ3n) is 13.4. The van der Waals surface area contributed by atoms with Crippen LogP contribution in [0.2, 0.25) is 68.0 Å². The molecule has 0 nitrogen and oxygen atoms in total. The van der Waals surface area contributed by atoms with E-state index in [2.05, 4.69) is 166 Å². The van der Waals surface area contributed by atoms with Crippen LogP contribution in [0.5, 0.6) is 0 Å². The van der Waals surface area contributed by atoms with Gasteiger partial charge in [-0.05, 0) is 0 Å². The van der Waals surface area contributed by atoms with Gasteiger partial charge in [0.25, 0.3) is 0 Å². The maximum atomic E-state index is 2.83. The highest BCUT2D eigenvalue weighted by molar-refractivity contribution is 8.00. The fraction of sp³-hybridized carbons (Fsp3) is 0.514. The van der Waals surface area contributed by atoms with Crippen LogP contribution in [0, 0.1) is 0 Å².